The van der Waals surface area contributed by atoms with Gasteiger partial charge in [0, 0.05) is 5.39 Å². The maximum Gasteiger partial charge on any atom is 0.130 e. The molecule has 3 nitrogen and oxygen atoms in total. The summed E-state index contributed by atoms with van der Waals surface area (Å²) in [6.07, 6.45) is 3.23. The first-order valence-corrected chi connectivity index (χ1v) is 6.48. The van der Waals surface area contributed by atoms with E-state index in [0.29, 0.717) is 0 Å². The standard InChI is InChI=1S/C15H18N2O/c1-11-9-12-5-2-3-6-13(12)16-14(11)17-15(10-18)7-4-8-15/h2-3,5-6,9,18H,4,7-8,10H2,1H3,(H,16,17). The fraction of sp³-hybridized carbons (Fsp3) is 0.400. The largest absolute Gasteiger partial charge is 0.394 e. The van der Waals surface area contributed by atoms with Crippen LogP contribution in [0.1, 0.15) is 24.8 Å². The second-order valence-corrected chi connectivity index (χ2v) is 5.26. The number of fused-ring (bicyclic) bond motifs is 1. The summed E-state index contributed by atoms with van der Waals surface area (Å²) < 4.78 is 0. The van der Waals surface area contributed by atoms with Gasteiger partial charge in [-0.25, -0.2) is 4.98 Å². The van der Waals surface area contributed by atoms with Crippen molar-refractivity contribution in [3.8, 4) is 0 Å². The Morgan fingerprint density at radius 3 is 2.78 bits per heavy atom. The zero-order valence-electron chi connectivity index (χ0n) is 10.6. The van der Waals surface area contributed by atoms with Crippen molar-refractivity contribution in [2.45, 2.75) is 31.7 Å². The predicted octanol–water partition coefficient (Wildman–Crippen LogP) is 2.87. The third-order valence-corrected chi connectivity index (χ3v) is 3.91. The molecule has 0 unspecified atom stereocenters. The van der Waals surface area contributed by atoms with Crippen LogP contribution in [0.5, 0.6) is 0 Å². The lowest BCUT2D eigenvalue weighted by atomic mass is 9.77. The molecule has 2 aromatic rings. The zero-order chi connectivity index (χ0) is 12.6. The van der Waals surface area contributed by atoms with Gasteiger partial charge in [0.2, 0.25) is 0 Å². The van der Waals surface area contributed by atoms with Gasteiger partial charge in [-0.05, 0) is 43.9 Å². The minimum Gasteiger partial charge on any atom is -0.394 e. The van der Waals surface area contributed by atoms with Gasteiger partial charge < -0.3 is 10.4 Å². The first kappa shape index (κ1) is 11.5. The number of hydrogen-bond acceptors (Lipinski definition) is 3. The molecule has 1 aliphatic carbocycles. The van der Waals surface area contributed by atoms with E-state index >= 15 is 0 Å². The number of pyridine rings is 1. The summed E-state index contributed by atoms with van der Waals surface area (Å²) in [5, 5.41) is 14.1. The maximum atomic E-state index is 9.51. The molecule has 0 bridgehead atoms. The van der Waals surface area contributed by atoms with Gasteiger partial charge in [0.15, 0.2) is 0 Å². The van der Waals surface area contributed by atoms with Crippen molar-refractivity contribution in [3.05, 3.63) is 35.9 Å². The molecular weight excluding hydrogens is 224 g/mol. The van der Waals surface area contributed by atoms with Crippen LogP contribution in [-0.2, 0) is 0 Å². The molecule has 1 aliphatic rings. The topological polar surface area (TPSA) is 45.2 Å². The van der Waals surface area contributed by atoms with Gasteiger partial charge in [-0.3, -0.25) is 0 Å². The fourth-order valence-corrected chi connectivity index (χ4v) is 2.53. The highest BCUT2D eigenvalue weighted by atomic mass is 16.3. The molecule has 1 aromatic carbocycles. The fourth-order valence-electron chi connectivity index (χ4n) is 2.53. The lowest BCUT2D eigenvalue weighted by Crippen LogP contribution is -2.48. The van der Waals surface area contributed by atoms with Gasteiger partial charge in [-0.2, -0.15) is 0 Å². The Labute approximate surface area is 107 Å². The number of nitrogens with one attached hydrogen (secondary N) is 1. The summed E-state index contributed by atoms with van der Waals surface area (Å²) in [4.78, 5) is 4.67. The highest BCUT2D eigenvalue weighted by molar-refractivity contribution is 5.81. The SMILES string of the molecule is Cc1cc2ccccc2nc1NC1(CO)CCC1. The van der Waals surface area contributed by atoms with Crippen LogP contribution in [-0.4, -0.2) is 22.2 Å². The highest BCUT2D eigenvalue weighted by Gasteiger charge is 2.36. The van der Waals surface area contributed by atoms with Crippen LogP contribution in [0.15, 0.2) is 30.3 Å². The molecule has 1 heterocycles. The minimum absolute atomic E-state index is 0.139. The number of aryl methyl sites for hydroxylation is 1. The van der Waals surface area contributed by atoms with Crippen LogP contribution < -0.4 is 5.32 Å². The number of nitrogens with zero attached hydrogens (tertiary/aromatic N) is 1. The molecule has 0 amide bonds. The molecule has 0 spiro atoms. The lowest BCUT2D eigenvalue weighted by Gasteiger charge is -2.41. The van der Waals surface area contributed by atoms with Gasteiger partial charge in [0.25, 0.3) is 0 Å². The zero-order valence-corrected chi connectivity index (χ0v) is 10.6. The number of aromatic nitrogens is 1. The normalized spacial score (nSPS) is 17.4. The quantitative estimate of drug-likeness (QED) is 0.870. The molecule has 0 radical (unpaired) electrons. The molecule has 2 N–H and O–H groups in total. The van der Waals surface area contributed by atoms with Gasteiger partial charge >= 0.3 is 0 Å². The van der Waals surface area contributed by atoms with Crippen LogP contribution in [0, 0.1) is 6.92 Å². The third kappa shape index (κ3) is 1.85. The summed E-state index contributed by atoms with van der Waals surface area (Å²) >= 11 is 0. The summed E-state index contributed by atoms with van der Waals surface area (Å²) in [5.41, 5.74) is 1.99. The Morgan fingerprint density at radius 2 is 2.11 bits per heavy atom. The monoisotopic (exact) mass is 242 g/mol. The molecule has 1 saturated carbocycles. The van der Waals surface area contributed by atoms with Crippen LogP contribution >= 0.6 is 0 Å². The minimum atomic E-state index is -0.139. The number of aliphatic hydroxyl groups excluding tert-OH is 1. The second-order valence-electron chi connectivity index (χ2n) is 5.26. The van der Waals surface area contributed by atoms with Crippen molar-refractivity contribution in [1.29, 1.82) is 0 Å². The molecule has 0 saturated heterocycles. The molecule has 18 heavy (non-hydrogen) atoms. The summed E-state index contributed by atoms with van der Waals surface area (Å²) in [6, 6.07) is 10.3. The van der Waals surface area contributed by atoms with Crippen LogP contribution in [0.25, 0.3) is 10.9 Å². The maximum absolute atomic E-state index is 9.51. The first-order chi connectivity index (χ1) is 8.72. The Morgan fingerprint density at radius 1 is 1.33 bits per heavy atom. The van der Waals surface area contributed by atoms with Crippen LogP contribution in [0.3, 0.4) is 0 Å². The Kier molecular flexibility index (Phi) is 2.71. The second kappa shape index (κ2) is 4.25. The Hall–Kier alpha value is -1.61. The van der Waals surface area contributed by atoms with Gasteiger partial charge in [-0.1, -0.05) is 18.2 Å². The Bertz CT molecular complexity index is 570. The number of aliphatic hydroxyl groups is 1. The number of anilines is 1. The van der Waals surface area contributed by atoms with E-state index in [1.54, 1.807) is 0 Å². The van der Waals surface area contributed by atoms with E-state index < -0.39 is 0 Å². The van der Waals surface area contributed by atoms with Crippen LogP contribution in [0.2, 0.25) is 0 Å². The molecule has 1 aromatic heterocycles. The summed E-state index contributed by atoms with van der Waals surface area (Å²) in [6.45, 7) is 2.24. The molecule has 94 valence electrons. The lowest BCUT2D eigenvalue weighted by molar-refractivity contribution is 0.144. The third-order valence-electron chi connectivity index (χ3n) is 3.91. The van der Waals surface area contributed by atoms with Crippen molar-refractivity contribution in [2.75, 3.05) is 11.9 Å². The molecular formula is C15H18N2O. The van der Waals surface area contributed by atoms with E-state index in [0.717, 1.165) is 35.1 Å². The van der Waals surface area contributed by atoms with Gasteiger partial charge in [0.05, 0.1) is 17.7 Å². The number of para-hydroxylation sites is 1. The molecule has 1 fully saturated rings. The molecule has 3 heteroatoms. The van der Waals surface area contributed by atoms with Crippen molar-refractivity contribution >= 4 is 16.7 Å². The van der Waals surface area contributed by atoms with Crippen molar-refractivity contribution in [2.24, 2.45) is 0 Å². The molecule has 0 aliphatic heterocycles. The van der Waals surface area contributed by atoms with E-state index in [1.165, 1.54) is 6.42 Å². The average molecular weight is 242 g/mol. The number of benzene rings is 1. The van der Waals surface area contributed by atoms with E-state index in [2.05, 4.69) is 29.4 Å². The first-order valence-electron chi connectivity index (χ1n) is 6.48. The van der Waals surface area contributed by atoms with Crippen molar-refractivity contribution in [3.63, 3.8) is 0 Å². The summed E-state index contributed by atoms with van der Waals surface area (Å²) in [5.74, 6) is 0.905. The number of rotatable bonds is 3. The van der Waals surface area contributed by atoms with Crippen molar-refractivity contribution in [1.82, 2.24) is 4.98 Å². The predicted molar refractivity (Wildman–Crippen MR) is 73.8 cm³/mol. The van der Waals surface area contributed by atoms with E-state index in [1.807, 2.05) is 18.2 Å². The molecule has 3 rings (SSSR count). The molecule has 0 atom stereocenters. The van der Waals surface area contributed by atoms with E-state index in [4.69, 9.17) is 0 Å². The smallest absolute Gasteiger partial charge is 0.130 e. The Balaban J connectivity index is 1.98. The van der Waals surface area contributed by atoms with Gasteiger partial charge in [-0.15, -0.1) is 0 Å². The average Bonchev–Trinajstić information content (AvgIpc) is 2.34. The number of hydrogen-bond donors (Lipinski definition) is 2. The van der Waals surface area contributed by atoms with Gasteiger partial charge in [0.1, 0.15) is 5.82 Å². The van der Waals surface area contributed by atoms with Crippen molar-refractivity contribution < 1.29 is 5.11 Å². The van der Waals surface area contributed by atoms with E-state index in [-0.39, 0.29) is 12.1 Å². The van der Waals surface area contributed by atoms with E-state index in [9.17, 15) is 5.11 Å². The summed E-state index contributed by atoms with van der Waals surface area (Å²) in [7, 11) is 0. The van der Waals surface area contributed by atoms with Crippen LogP contribution in [0.4, 0.5) is 5.82 Å². The highest BCUT2D eigenvalue weighted by Crippen LogP contribution is 2.35.